The molecule has 0 aromatic rings. The molecule has 0 aromatic carbocycles. The first-order valence-electron chi connectivity index (χ1n) is 8.06. The van der Waals surface area contributed by atoms with Crippen molar-refractivity contribution in [3.05, 3.63) is 0 Å². The number of carbonyl (C=O) groups excluding carboxylic acids is 1. The Kier molecular flexibility index (Phi) is 4.06. The third kappa shape index (κ3) is 2.73. The van der Waals surface area contributed by atoms with Crippen LogP contribution in [0.2, 0.25) is 0 Å². The van der Waals surface area contributed by atoms with E-state index in [2.05, 4.69) is 5.32 Å². The largest absolute Gasteiger partial charge is 0.480 e. The van der Waals surface area contributed by atoms with Crippen molar-refractivity contribution in [1.82, 2.24) is 10.2 Å². The molecule has 118 valence electrons. The number of carboxylic acids is 1. The third-order valence-electron chi connectivity index (χ3n) is 5.21. The van der Waals surface area contributed by atoms with Crippen LogP contribution in [0, 0.1) is 0 Å². The van der Waals surface area contributed by atoms with E-state index in [0.29, 0.717) is 26.0 Å². The third-order valence-corrected chi connectivity index (χ3v) is 5.21. The van der Waals surface area contributed by atoms with Crippen molar-refractivity contribution in [3.8, 4) is 0 Å². The summed E-state index contributed by atoms with van der Waals surface area (Å²) in [5.74, 6) is -0.901. The Morgan fingerprint density at radius 2 is 1.86 bits per heavy atom. The van der Waals surface area contributed by atoms with Crippen LogP contribution in [0.1, 0.15) is 51.4 Å². The normalized spacial score (nSPS) is 31.5. The maximum atomic E-state index is 12.6. The van der Waals surface area contributed by atoms with Crippen molar-refractivity contribution in [2.24, 2.45) is 0 Å². The molecule has 3 fully saturated rings. The molecule has 1 heterocycles. The smallest absolute Gasteiger partial charge is 0.329 e. The first-order valence-corrected chi connectivity index (χ1v) is 8.06. The molecule has 2 aliphatic carbocycles. The van der Waals surface area contributed by atoms with Crippen LogP contribution in [-0.2, 0) is 9.53 Å². The number of carbonyl (C=O) groups is 2. The fraction of sp³-hybridized carbons (Fsp3) is 0.867. The van der Waals surface area contributed by atoms with Crippen LogP contribution in [-0.4, -0.2) is 52.8 Å². The van der Waals surface area contributed by atoms with E-state index >= 15 is 0 Å². The van der Waals surface area contributed by atoms with Gasteiger partial charge in [0.15, 0.2) is 0 Å². The summed E-state index contributed by atoms with van der Waals surface area (Å²) in [5, 5.41) is 12.3. The van der Waals surface area contributed by atoms with E-state index in [1.54, 1.807) is 0 Å². The lowest BCUT2D eigenvalue weighted by Crippen LogP contribution is -2.62. The lowest BCUT2D eigenvalue weighted by molar-refractivity contribution is -0.144. The van der Waals surface area contributed by atoms with Gasteiger partial charge in [-0.3, -0.25) is 0 Å². The second-order valence-corrected chi connectivity index (χ2v) is 6.48. The summed E-state index contributed by atoms with van der Waals surface area (Å²) in [5.41, 5.74) is -1.06. The lowest BCUT2D eigenvalue weighted by Gasteiger charge is -2.44. The SMILES string of the molecule is O=C(NC1(C(=O)O)CCCC1)N1CCOC2CCCCC21. The molecule has 0 spiro atoms. The molecule has 0 radical (unpaired) electrons. The molecular formula is C15H24N2O4. The molecule has 0 bridgehead atoms. The number of ether oxygens (including phenoxy) is 1. The molecule has 3 rings (SSSR count). The van der Waals surface area contributed by atoms with Crippen LogP contribution < -0.4 is 5.32 Å². The molecule has 6 nitrogen and oxygen atoms in total. The van der Waals surface area contributed by atoms with E-state index in [1.165, 1.54) is 0 Å². The van der Waals surface area contributed by atoms with Gasteiger partial charge in [0, 0.05) is 6.54 Å². The number of amides is 2. The van der Waals surface area contributed by atoms with Gasteiger partial charge in [0.25, 0.3) is 0 Å². The van der Waals surface area contributed by atoms with Gasteiger partial charge in [-0.25, -0.2) is 9.59 Å². The zero-order valence-electron chi connectivity index (χ0n) is 12.3. The van der Waals surface area contributed by atoms with Crippen LogP contribution in [0.15, 0.2) is 0 Å². The highest BCUT2D eigenvalue weighted by molar-refractivity contribution is 5.86. The lowest BCUT2D eigenvalue weighted by atomic mass is 9.90. The summed E-state index contributed by atoms with van der Waals surface area (Å²) in [6.07, 6.45) is 7.13. The van der Waals surface area contributed by atoms with Gasteiger partial charge >= 0.3 is 12.0 Å². The highest BCUT2D eigenvalue weighted by atomic mass is 16.5. The number of morpholine rings is 1. The van der Waals surface area contributed by atoms with Crippen molar-refractivity contribution < 1.29 is 19.4 Å². The Hall–Kier alpha value is -1.30. The van der Waals surface area contributed by atoms with Crippen molar-refractivity contribution >= 4 is 12.0 Å². The maximum absolute atomic E-state index is 12.6. The van der Waals surface area contributed by atoms with E-state index in [0.717, 1.165) is 38.5 Å². The van der Waals surface area contributed by atoms with Crippen LogP contribution in [0.25, 0.3) is 0 Å². The first kappa shape index (κ1) is 14.6. The Morgan fingerprint density at radius 3 is 2.57 bits per heavy atom. The average molecular weight is 296 g/mol. The number of hydrogen-bond acceptors (Lipinski definition) is 3. The standard InChI is InChI=1S/C15H24N2O4/c18-13(19)15(7-3-4-8-15)16-14(20)17-9-10-21-12-6-2-1-5-11(12)17/h11-12H,1-10H2,(H,16,20)(H,18,19). The topological polar surface area (TPSA) is 78.9 Å². The minimum Gasteiger partial charge on any atom is -0.480 e. The zero-order valence-corrected chi connectivity index (χ0v) is 12.3. The van der Waals surface area contributed by atoms with Crippen molar-refractivity contribution in [2.45, 2.75) is 69.1 Å². The number of aliphatic carboxylic acids is 1. The van der Waals surface area contributed by atoms with E-state index in [-0.39, 0.29) is 18.2 Å². The summed E-state index contributed by atoms with van der Waals surface area (Å²) in [6, 6.07) is -0.112. The summed E-state index contributed by atoms with van der Waals surface area (Å²) in [6.45, 7) is 1.11. The summed E-state index contributed by atoms with van der Waals surface area (Å²) in [4.78, 5) is 26.0. The van der Waals surface area contributed by atoms with Crippen LogP contribution in [0.3, 0.4) is 0 Å². The number of hydrogen-bond donors (Lipinski definition) is 2. The number of carboxylic acid groups (broad SMARTS) is 1. The number of nitrogens with one attached hydrogen (secondary N) is 1. The molecule has 2 saturated carbocycles. The van der Waals surface area contributed by atoms with Gasteiger partial charge in [0.1, 0.15) is 5.54 Å². The van der Waals surface area contributed by atoms with E-state index in [4.69, 9.17) is 4.74 Å². The first-order chi connectivity index (χ1) is 10.1. The molecule has 3 aliphatic rings. The summed E-state index contributed by atoms with van der Waals surface area (Å²) >= 11 is 0. The second kappa shape index (κ2) is 5.83. The van der Waals surface area contributed by atoms with Gasteiger partial charge in [-0.2, -0.15) is 0 Å². The van der Waals surface area contributed by atoms with E-state index in [1.807, 2.05) is 4.90 Å². The highest BCUT2D eigenvalue weighted by Crippen LogP contribution is 2.32. The minimum absolute atomic E-state index is 0.111. The maximum Gasteiger partial charge on any atom is 0.329 e. The molecule has 2 N–H and O–H groups in total. The van der Waals surface area contributed by atoms with Crippen LogP contribution >= 0.6 is 0 Å². The predicted octanol–water partition coefficient (Wildman–Crippen LogP) is 1.74. The predicted molar refractivity (Wildman–Crippen MR) is 76.1 cm³/mol. The van der Waals surface area contributed by atoms with Gasteiger partial charge in [-0.15, -0.1) is 0 Å². The van der Waals surface area contributed by atoms with Gasteiger partial charge in [0.2, 0.25) is 0 Å². The molecule has 1 aliphatic heterocycles. The zero-order chi connectivity index (χ0) is 14.9. The fourth-order valence-corrected chi connectivity index (χ4v) is 4.00. The molecule has 6 heteroatoms. The van der Waals surface area contributed by atoms with Crippen LogP contribution in [0.5, 0.6) is 0 Å². The summed E-state index contributed by atoms with van der Waals surface area (Å²) in [7, 11) is 0. The number of rotatable bonds is 2. The highest BCUT2D eigenvalue weighted by Gasteiger charge is 2.45. The number of nitrogens with zero attached hydrogens (tertiary/aromatic N) is 1. The Labute approximate surface area is 124 Å². The second-order valence-electron chi connectivity index (χ2n) is 6.48. The number of urea groups is 1. The minimum atomic E-state index is -1.06. The molecule has 21 heavy (non-hydrogen) atoms. The van der Waals surface area contributed by atoms with Gasteiger partial charge < -0.3 is 20.1 Å². The Morgan fingerprint density at radius 1 is 1.14 bits per heavy atom. The Balaban J connectivity index is 1.70. The van der Waals surface area contributed by atoms with Gasteiger partial charge in [-0.05, 0) is 25.7 Å². The van der Waals surface area contributed by atoms with E-state index < -0.39 is 11.5 Å². The molecule has 0 aromatic heterocycles. The Bertz CT molecular complexity index is 418. The average Bonchev–Trinajstić information content (AvgIpc) is 2.96. The van der Waals surface area contributed by atoms with Gasteiger partial charge in [0.05, 0.1) is 18.8 Å². The van der Waals surface area contributed by atoms with Gasteiger partial charge in [-0.1, -0.05) is 25.7 Å². The molecule has 2 unspecified atom stereocenters. The quantitative estimate of drug-likeness (QED) is 0.813. The number of fused-ring (bicyclic) bond motifs is 1. The van der Waals surface area contributed by atoms with Crippen molar-refractivity contribution in [2.75, 3.05) is 13.2 Å². The van der Waals surface area contributed by atoms with E-state index in [9.17, 15) is 14.7 Å². The molecule has 1 saturated heterocycles. The van der Waals surface area contributed by atoms with Crippen LogP contribution in [0.4, 0.5) is 4.79 Å². The monoisotopic (exact) mass is 296 g/mol. The molecular weight excluding hydrogens is 272 g/mol. The fourth-order valence-electron chi connectivity index (χ4n) is 4.00. The molecule has 2 atom stereocenters. The van der Waals surface area contributed by atoms with Crippen molar-refractivity contribution in [1.29, 1.82) is 0 Å². The molecule has 2 amide bonds. The van der Waals surface area contributed by atoms with Crippen molar-refractivity contribution in [3.63, 3.8) is 0 Å². The summed E-state index contributed by atoms with van der Waals surface area (Å²) < 4.78 is 5.77.